The first kappa shape index (κ1) is 17.6. The quantitative estimate of drug-likeness (QED) is 0.250. The van der Waals surface area contributed by atoms with Crippen molar-refractivity contribution in [3.05, 3.63) is 0 Å². The van der Waals surface area contributed by atoms with E-state index in [1.165, 1.54) is 39.0 Å². The van der Waals surface area contributed by atoms with Crippen molar-refractivity contribution in [3.63, 3.8) is 0 Å². The molecule has 0 saturated heterocycles. The first-order valence-electron chi connectivity index (χ1n) is 6.81. The summed E-state index contributed by atoms with van der Waals surface area (Å²) >= 11 is 3.42. The lowest BCUT2D eigenvalue weighted by atomic mass is 10.1. The summed E-state index contributed by atoms with van der Waals surface area (Å²) in [7, 11) is 0. The van der Waals surface area contributed by atoms with Gasteiger partial charge in [-0.1, -0.05) is 41.6 Å². The molecule has 106 valence electrons. The van der Waals surface area contributed by atoms with E-state index in [4.69, 9.17) is 4.74 Å². The van der Waals surface area contributed by atoms with Crippen molar-refractivity contribution in [3.8, 4) is 0 Å². The summed E-state index contributed by atoms with van der Waals surface area (Å²) in [5, 5.41) is 1.09. The Hall–Kier alpha value is -0.380. The van der Waals surface area contributed by atoms with E-state index in [2.05, 4.69) is 15.9 Å². The second kappa shape index (κ2) is 11.7. The zero-order chi connectivity index (χ0) is 13.8. The summed E-state index contributed by atoms with van der Waals surface area (Å²) in [6.07, 6.45) is 8.07. The van der Waals surface area contributed by atoms with Gasteiger partial charge >= 0.3 is 5.97 Å². The highest BCUT2D eigenvalue weighted by Gasteiger charge is 2.10. The molecule has 0 spiro atoms. The number of esters is 1. The van der Waals surface area contributed by atoms with Gasteiger partial charge in [-0.05, 0) is 33.1 Å². The van der Waals surface area contributed by atoms with Crippen molar-refractivity contribution in [1.29, 1.82) is 0 Å². The average Bonchev–Trinajstić information content (AvgIpc) is 2.26. The first-order valence-corrected chi connectivity index (χ1v) is 7.93. The fourth-order valence-corrected chi connectivity index (χ4v) is 2.16. The van der Waals surface area contributed by atoms with E-state index in [-0.39, 0.29) is 18.3 Å². The van der Waals surface area contributed by atoms with Gasteiger partial charge in [0.1, 0.15) is 12.2 Å². The van der Waals surface area contributed by atoms with Crippen LogP contribution in [0.3, 0.4) is 0 Å². The number of alkyl halides is 1. The van der Waals surface area contributed by atoms with Gasteiger partial charge in [0.2, 0.25) is 0 Å². The van der Waals surface area contributed by atoms with Crippen LogP contribution in [0.25, 0.3) is 0 Å². The van der Waals surface area contributed by atoms with Crippen molar-refractivity contribution < 1.29 is 14.3 Å². The monoisotopic (exact) mass is 320 g/mol. The van der Waals surface area contributed by atoms with Crippen molar-refractivity contribution >= 4 is 27.7 Å². The van der Waals surface area contributed by atoms with Crippen LogP contribution in [0.4, 0.5) is 0 Å². The molecule has 4 heteroatoms. The van der Waals surface area contributed by atoms with E-state index in [0.29, 0.717) is 0 Å². The van der Waals surface area contributed by atoms with Gasteiger partial charge < -0.3 is 4.74 Å². The summed E-state index contributed by atoms with van der Waals surface area (Å²) in [4.78, 5) is 21.9. The van der Waals surface area contributed by atoms with Gasteiger partial charge in [0.15, 0.2) is 0 Å². The number of ether oxygens (including phenoxy) is 1. The summed E-state index contributed by atoms with van der Waals surface area (Å²) in [5.74, 6) is -0.536. The number of Topliss-reactive ketones (excluding diaryl/α,β-unsaturated/α-hetero) is 1. The third kappa shape index (κ3) is 12.1. The lowest BCUT2D eigenvalue weighted by molar-refractivity contribution is -0.150. The molecule has 0 aromatic rings. The van der Waals surface area contributed by atoms with Crippen LogP contribution >= 0.6 is 15.9 Å². The number of hydrogen-bond acceptors (Lipinski definition) is 3. The molecule has 0 heterocycles. The Morgan fingerprint density at radius 2 is 1.61 bits per heavy atom. The predicted molar refractivity (Wildman–Crippen MR) is 77.0 cm³/mol. The maximum absolute atomic E-state index is 11.2. The third-order valence-corrected chi connectivity index (χ3v) is 3.28. The molecule has 0 N–H and O–H groups in total. The van der Waals surface area contributed by atoms with Crippen LogP contribution in [-0.2, 0) is 14.3 Å². The molecule has 0 amide bonds. The predicted octanol–water partition coefficient (Wildman–Crippen LogP) is 4.02. The van der Waals surface area contributed by atoms with Crippen LogP contribution in [-0.4, -0.2) is 23.2 Å². The normalized spacial score (nSPS) is 12.2. The Morgan fingerprint density at radius 3 is 2.17 bits per heavy atom. The van der Waals surface area contributed by atoms with Crippen molar-refractivity contribution in [2.45, 2.75) is 71.3 Å². The molecule has 0 saturated carbocycles. The van der Waals surface area contributed by atoms with E-state index in [9.17, 15) is 9.59 Å². The maximum atomic E-state index is 11.2. The zero-order valence-corrected chi connectivity index (χ0v) is 13.1. The fourth-order valence-electron chi connectivity index (χ4n) is 1.76. The van der Waals surface area contributed by atoms with Gasteiger partial charge in [-0.2, -0.15) is 0 Å². The highest BCUT2D eigenvalue weighted by molar-refractivity contribution is 9.09. The molecule has 0 aliphatic carbocycles. The molecule has 0 aliphatic heterocycles. The van der Waals surface area contributed by atoms with Crippen LogP contribution in [0.15, 0.2) is 0 Å². The summed E-state index contributed by atoms with van der Waals surface area (Å²) in [6, 6.07) is 0. The molecule has 0 aromatic carbocycles. The Morgan fingerprint density at radius 1 is 1.06 bits per heavy atom. The first-order chi connectivity index (χ1) is 8.56. The fraction of sp³-hybridized carbons (Fsp3) is 0.857. The minimum atomic E-state index is -0.396. The van der Waals surface area contributed by atoms with Gasteiger partial charge in [-0.25, -0.2) is 0 Å². The second-order valence-electron chi connectivity index (χ2n) is 4.78. The molecule has 3 nitrogen and oxygen atoms in total. The van der Waals surface area contributed by atoms with Crippen LogP contribution in [0.2, 0.25) is 0 Å². The average molecular weight is 321 g/mol. The van der Waals surface area contributed by atoms with Gasteiger partial charge in [0.05, 0.1) is 6.10 Å². The Kier molecular flexibility index (Phi) is 11.4. The molecular formula is C14H25BrO3. The molecule has 0 radical (unpaired) electrons. The van der Waals surface area contributed by atoms with Gasteiger partial charge in [0.25, 0.3) is 0 Å². The molecule has 0 aliphatic rings. The minimum absolute atomic E-state index is 0.0700. The molecule has 1 atom stereocenters. The van der Waals surface area contributed by atoms with Crippen LogP contribution in [0.5, 0.6) is 0 Å². The summed E-state index contributed by atoms with van der Waals surface area (Å²) < 4.78 is 5.14. The zero-order valence-electron chi connectivity index (χ0n) is 11.5. The lowest BCUT2D eigenvalue weighted by Gasteiger charge is -2.12. The Labute approximate surface area is 119 Å². The van der Waals surface area contributed by atoms with Crippen LogP contribution < -0.4 is 0 Å². The smallest absolute Gasteiger partial charge is 0.313 e. The number of carbonyl (C=O) groups is 2. The number of halogens is 1. The highest BCUT2D eigenvalue weighted by atomic mass is 79.9. The molecule has 0 bridgehead atoms. The Balaban J connectivity index is 3.39. The van der Waals surface area contributed by atoms with E-state index in [1.807, 2.05) is 6.92 Å². The number of hydrogen-bond donors (Lipinski definition) is 0. The van der Waals surface area contributed by atoms with Crippen molar-refractivity contribution in [2.24, 2.45) is 0 Å². The lowest BCUT2D eigenvalue weighted by Crippen LogP contribution is -2.16. The van der Waals surface area contributed by atoms with E-state index in [0.717, 1.165) is 18.2 Å². The van der Waals surface area contributed by atoms with Gasteiger partial charge in [-0.15, -0.1) is 0 Å². The summed E-state index contributed by atoms with van der Waals surface area (Å²) in [5.41, 5.74) is 0. The molecule has 0 fully saturated rings. The third-order valence-electron chi connectivity index (χ3n) is 2.72. The minimum Gasteiger partial charge on any atom is -0.462 e. The maximum Gasteiger partial charge on any atom is 0.313 e. The van der Waals surface area contributed by atoms with Crippen molar-refractivity contribution in [2.75, 3.05) is 5.33 Å². The molecule has 0 unspecified atom stereocenters. The number of carbonyl (C=O) groups excluding carboxylic acids is 2. The van der Waals surface area contributed by atoms with E-state index >= 15 is 0 Å². The second-order valence-corrected chi connectivity index (χ2v) is 5.57. The number of rotatable bonds is 11. The topological polar surface area (TPSA) is 43.4 Å². The molecule has 0 aromatic heterocycles. The number of ketones is 1. The molecular weight excluding hydrogens is 296 g/mol. The van der Waals surface area contributed by atoms with E-state index in [1.54, 1.807) is 0 Å². The standard InChI is InChI=1S/C14H25BrO3/c1-12(16)11-14(17)18-13(2)9-7-5-3-4-6-8-10-15/h13H,3-11H2,1-2H3/t13-/m0/s1. The van der Waals surface area contributed by atoms with Gasteiger partial charge in [-0.3, -0.25) is 9.59 Å². The largest absolute Gasteiger partial charge is 0.462 e. The molecule has 18 heavy (non-hydrogen) atoms. The van der Waals surface area contributed by atoms with E-state index < -0.39 is 5.97 Å². The summed E-state index contributed by atoms with van der Waals surface area (Å²) in [6.45, 7) is 3.29. The van der Waals surface area contributed by atoms with Crippen molar-refractivity contribution in [1.82, 2.24) is 0 Å². The Bertz CT molecular complexity index is 241. The number of unbranched alkanes of at least 4 members (excludes halogenated alkanes) is 5. The molecule has 0 rings (SSSR count). The van der Waals surface area contributed by atoms with Crippen LogP contribution in [0, 0.1) is 0 Å². The highest BCUT2D eigenvalue weighted by Crippen LogP contribution is 2.11. The van der Waals surface area contributed by atoms with Crippen LogP contribution in [0.1, 0.15) is 65.2 Å². The van der Waals surface area contributed by atoms with Gasteiger partial charge in [0, 0.05) is 5.33 Å². The SMILES string of the molecule is CC(=O)CC(=O)O[C@@H](C)CCCCCCCCBr.